The van der Waals surface area contributed by atoms with Crippen LogP contribution < -0.4 is 5.73 Å². The predicted molar refractivity (Wildman–Crippen MR) is 47.2 cm³/mol. The van der Waals surface area contributed by atoms with Crippen molar-refractivity contribution in [1.29, 1.82) is 0 Å². The summed E-state index contributed by atoms with van der Waals surface area (Å²) >= 11 is 0. The van der Waals surface area contributed by atoms with Crippen molar-refractivity contribution in [3.63, 3.8) is 0 Å². The maximum atomic E-state index is 10.5. The molecule has 0 aromatic carbocycles. The summed E-state index contributed by atoms with van der Waals surface area (Å²) in [5, 5.41) is 8.60. The third kappa shape index (κ3) is 2.32. The monoisotopic (exact) mass is 183 g/mol. The zero-order chi connectivity index (χ0) is 10.1. The number of nitrogens with two attached hydrogens (primary N) is 1. The molecule has 4 heteroatoms. The van der Waals surface area contributed by atoms with E-state index in [2.05, 4.69) is 0 Å². The average Bonchev–Trinajstić information content (AvgIpc) is 2.32. The van der Waals surface area contributed by atoms with Gasteiger partial charge in [0.1, 0.15) is 11.5 Å². The molecule has 1 heterocycles. The number of carboxylic acid groups (broad SMARTS) is 1. The highest BCUT2D eigenvalue weighted by Gasteiger charge is 2.27. The second-order valence-electron chi connectivity index (χ2n) is 3.40. The first-order chi connectivity index (χ1) is 5.92. The topological polar surface area (TPSA) is 76.5 Å². The van der Waals surface area contributed by atoms with Crippen molar-refractivity contribution in [2.24, 2.45) is 5.73 Å². The van der Waals surface area contributed by atoms with Gasteiger partial charge in [-0.2, -0.15) is 0 Å². The predicted octanol–water partition coefficient (Wildman–Crippen LogP) is 1.24. The molecule has 1 rings (SSSR count). The Morgan fingerprint density at radius 2 is 2.31 bits per heavy atom. The van der Waals surface area contributed by atoms with Crippen LogP contribution in [0.4, 0.5) is 0 Å². The molecule has 1 aromatic heterocycles. The Balaban J connectivity index is 2.86. The van der Waals surface area contributed by atoms with Crippen molar-refractivity contribution in [2.75, 3.05) is 0 Å². The van der Waals surface area contributed by atoms with Gasteiger partial charge < -0.3 is 15.3 Å². The summed E-state index contributed by atoms with van der Waals surface area (Å²) in [4.78, 5) is 10.5. The lowest BCUT2D eigenvalue weighted by Gasteiger charge is -2.19. The van der Waals surface area contributed by atoms with E-state index in [4.69, 9.17) is 15.3 Å². The largest absolute Gasteiger partial charge is 0.481 e. The van der Waals surface area contributed by atoms with Crippen LogP contribution in [0.1, 0.15) is 24.9 Å². The molecule has 0 saturated heterocycles. The molecule has 0 bridgehead atoms. The van der Waals surface area contributed by atoms with Crippen LogP contribution in [0, 0.1) is 6.92 Å². The summed E-state index contributed by atoms with van der Waals surface area (Å²) in [5.74, 6) is 0.309. The summed E-state index contributed by atoms with van der Waals surface area (Å²) in [6.07, 6.45) is -0.139. The molecule has 1 atom stereocenters. The smallest absolute Gasteiger partial charge is 0.305 e. The van der Waals surface area contributed by atoms with Gasteiger partial charge in [-0.3, -0.25) is 4.79 Å². The molecule has 1 aromatic rings. The van der Waals surface area contributed by atoms with Crippen LogP contribution in [0.15, 0.2) is 16.5 Å². The molecule has 0 aliphatic heterocycles. The van der Waals surface area contributed by atoms with Crippen LogP contribution in [0.25, 0.3) is 0 Å². The van der Waals surface area contributed by atoms with E-state index in [1.165, 1.54) is 0 Å². The van der Waals surface area contributed by atoms with Gasteiger partial charge in [0.15, 0.2) is 0 Å². The maximum Gasteiger partial charge on any atom is 0.305 e. The lowest BCUT2D eigenvalue weighted by atomic mass is 9.96. The van der Waals surface area contributed by atoms with Crippen LogP contribution in [0.2, 0.25) is 0 Å². The average molecular weight is 183 g/mol. The fourth-order valence-electron chi connectivity index (χ4n) is 1.14. The van der Waals surface area contributed by atoms with Gasteiger partial charge in [-0.25, -0.2) is 0 Å². The molecule has 0 aliphatic rings. The molecule has 0 fully saturated rings. The van der Waals surface area contributed by atoms with E-state index in [9.17, 15) is 4.79 Å². The van der Waals surface area contributed by atoms with Crippen molar-refractivity contribution < 1.29 is 14.3 Å². The Bertz CT molecular complexity index is 314. The number of carbonyl (C=O) groups is 1. The molecule has 13 heavy (non-hydrogen) atoms. The van der Waals surface area contributed by atoms with Crippen LogP contribution in [-0.2, 0) is 10.3 Å². The number of furan rings is 1. The van der Waals surface area contributed by atoms with Crippen LogP contribution in [-0.4, -0.2) is 11.1 Å². The van der Waals surface area contributed by atoms with E-state index in [1.54, 1.807) is 26.0 Å². The SMILES string of the molecule is Cc1ccc(C(C)(N)CC(=O)O)o1. The number of hydrogen-bond donors (Lipinski definition) is 2. The highest BCUT2D eigenvalue weighted by atomic mass is 16.4. The first-order valence-electron chi connectivity index (χ1n) is 3.99. The number of rotatable bonds is 3. The minimum Gasteiger partial charge on any atom is -0.481 e. The number of aliphatic carboxylic acids is 1. The summed E-state index contributed by atoms with van der Waals surface area (Å²) in [6, 6.07) is 3.47. The molecular weight excluding hydrogens is 170 g/mol. The second-order valence-corrected chi connectivity index (χ2v) is 3.40. The molecule has 3 N–H and O–H groups in total. The summed E-state index contributed by atoms with van der Waals surface area (Å²) < 4.78 is 5.26. The standard InChI is InChI=1S/C9H13NO3/c1-6-3-4-7(13-6)9(2,10)5-8(11)12/h3-4H,5,10H2,1-2H3,(H,11,12). The zero-order valence-electron chi connectivity index (χ0n) is 7.70. The van der Waals surface area contributed by atoms with Crippen molar-refractivity contribution in [2.45, 2.75) is 25.8 Å². The Labute approximate surface area is 76.3 Å². The summed E-state index contributed by atoms with van der Waals surface area (Å²) in [5.41, 5.74) is 4.85. The Kier molecular flexibility index (Phi) is 2.43. The fourth-order valence-corrected chi connectivity index (χ4v) is 1.14. The van der Waals surface area contributed by atoms with E-state index in [1.807, 2.05) is 0 Å². The zero-order valence-corrected chi connectivity index (χ0v) is 7.70. The summed E-state index contributed by atoms with van der Waals surface area (Å²) in [6.45, 7) is 3.43. The van der Waals surface area contributed by atoms with Gasteiger partial charge in [0.05, 0.1) is 12.0 Å². The molecule has 1 unspecified atom stereocenters. The normalized spacial score (nSPS) is 15.3. The Hall–Kier alpha value is -1.29. The first kappa shape index (κ1) is 9.80. The minimum absolute atomic E-state index is 0.139. The van der Waals surface area contributed by atoms with Gasteiger partial charge in [0.25, 0.3) is 0 Å². The van der Waals surface area contributed by atoms with Gasteiger partial charge in [-0.15, -0.1) is 0 Å². The van der Waals surface area contributed by atoms with E-state index in [0.717, 1.165) is 5.76 Å². The van der Waals surface area contributed by atoms with Crippen LogP contribution in [0.3, 0.4) is 0 Å². The molecular formula is C9H13NO3. The van der Waals surface area contributed by atoms with Crippen LogP contribution >= 0.6 is 0 Å². The molecule has 72 valence electrons. The molecule has 4 nitrogen and oxygen atoms in total. The molecule has 0 amide bonds. The third-order valence-corrected chi connectivity index (χ3v) is 1.82. The van der Waals surface area contributed by atoms with Crippen molar-refractivity contribution in [1.82, 2.24) is 0 Å². The molecule has 0 aliphatic carbocycles. The van der Waals surface area contributed by atoms with Gasteiger partial charge in [-0.05, 0) is 26.0 Å². The third-order valence-electron chi connectivity index (χ3n) is 1.82. The maximum absolute atomic E-state index is 10.5. The lowest BCUT2D eigenvalue weighted by Crippen LogP contribution is -2.35. The Morgan fingerprint density at radius 3 is 2.69 bits per heavy atom. The summed E-state index contributed by atoms with van der Waals surface area (Å²) in [7, 11) is 0. The van der Waals surface area contributed by atoms with Gasteiger partial charge >= 0.3 is 5.97 Å². The molecule has 0 spiro atoms. The number of aryl methyl sites for hydroxylation is 1. The van der Waals surface area contributed by atoms with Crippen molar-refractivity contribution in [3.05, 3.63) is 23.7 Å². The van der Waals surface area contributed by atoms with Gasteiger partial charge in [0.2, 0.25) is 0 Å². The fraction of sp³-hybridized carbons (Fsp3) is 0.444. The van der Waals surface area contributed by atoms with E-state index in [-0.39, 0.29) is 6.42 Å². The minimum atomic E-state index is -0.931. The van der Waals surface area contributed by atoms with Crippen molar-refractivity contribution >= 4 is 5.97 Å². The number of hydrogen-bond acceptors (Lipinski definition) is 3. The van der Waals surface area contributed by atoms with Crippen molar-refractivity contribution in [3.8, 4) is 0 Å². The van der Waals surface area contributed by atoms with E-state index < -0.39 is 11.5 Å². The Morgan fingerprint density at radius 1 is 1.69 bits per heavy atom. The van der Waals surface area contributed by atoms with Gasteiger partial charge in [-0.1, -0.05) is 0 Å². The number of carboxylic acids is 1. The molecule has 0 radical (unpaired) electrons. The second kappa shape index (κ2) is 3.22. The molecule has 0 saturated carbocycles. The highest BCUT2D eigenvalue weighted by molar-refractivity contribution is 5.68. The lowest BCUT2D eigenvalue weighted by molar-refractivity contribution is -0.138. The van der Waals surface area contributed by atoms with Crippen LogP contribution in [0.5, 0.6) is 0 Å². The highest BCUT2D eigenvalue weighted by Crippen LogP contribution is 2.23. The van der Waals surface area contributed by atoms with E-state index >= 15 is 0 Å². The quantitative estimate of drug-likeness (QED) is 0.739. The first-order valence-corrected chi connectivity index (χ1v) is 3.99. The van der Waals surface area contributed by atoms with Gasteiger partial charge in [0, 0.05) is 0 Å². The van der Waals surface area contributed by atoms with E-state index in [0.29, 0.717) is 5.76 Å².